The van der Waals surface area contributed by atoms with E-state index in [0.29, 0.717) is 19.0 Å². The Kier molecular flexibility index (Phi) is 5.48. The van der Waals surface area contributed by atoms with Crippen molar-refractivity contribution >= 4 is 6.03 Å². The van der Waals surface area contributed by atoms with Gasteiger partial charge in [0.2, 0.25) is 0 Å². The lowest BCUT2D eigenvalue weighted by Gasteiger charge is -2.22. The van der Waals surface area contributed by atoms with Gasteiger partial charge >= 0.3 is 6.03 Å². The Morgan fingerprint density at radius 2 is 2.20 bits per heavy atom. The predicted octanol–water partition coefficient (Wildman–Crippen LogP) is 3.10. The average Bonchev–Trinajstić information content (AvgIpc) is 3.03. The molecule has 0 radical (unpaired) electrons. The van der Waals surface area contributed by atoms with Crippen LogP contribution in [0.5, 0.6) is 0 Å². The molecule has 3 rings (SSSR count). The van der Waals surface area contributed by atoms with Gasteiger partial charge in [0, 0.05) is 12.2 Å². The SMILES string of the molecule is CNCCC(C)C1=CC=C(NC(=O)N2Cc3cc(F)cnc3C2)CC1. The third-order valence-electron chi connectivity index (χ3n) is 4.92. The topological polar surface area (TPSA) is 57.3 Å². The highest BCUT2D eigenvalue weighted by Crippen LogP contribution is 2.26. The van der Waals surface area contributed by atoms with Gasteiger partial charge in [0.05, 0.1) is 18.4 Å². The second-order valence-electron chi connectivity index (χ2n) is 6.77. The van der Waals surface area contributed by atoms with E-state index in [2.05, 4.69) is 28.6 Å². The first-order chi connectivity index (χ1) is 12.1. The molecule has 0 aromatic carbocycles. The first kappa shape index (κ1) is 17.6. The average molecular weight is 344 g/mol. The summed E-state index contributed by atoms with van der Waals surface area (Å²) in [6.45, 7) is 4.09. The Balaban J connectivity index is 1.56. The van der Waals surface area contributed by atoms with Crippen molar-refractivity contribution in [1.29, 1.82) is 0 Å². The van der Waals surface area contributed by atoms with Crippen LogP contribution in [0.25, 0.3) is 0 Å². The molecule has 6 heteroatoms. The van der Waals surface area contributed by atoms with Crippen molar-refractivity contribution in [3.8, 4) is 0 Å². The monoisotopic (exact) mass is 344 g/mol. The number of amides is 2. The molecule has 0 saturated carbocycles. The molecule has 0 fully saturated rings. The normalized spacial score (nSPS) is 17.6. The summed E-state index contributed by atoms with van der Waals surface area (Å²) in [6, 6.07) is 1.31. The zero-order chi connectivity index (χ0) is 17.8. The fourth-order valence-electron chi connectivity index (χ4n) is 3.31. The van der Waals surface area contributed by atoms with Crippen molar-refractivity contribution in [2.45, 2.75) is 39.3 Å². The van der Waals surface area contributed by atoms with Crippen molar-refractivity contribution in [3.05, 3.63) is 52.8 Å². The summed E-state index contributed by atoms with van der Waals surface area (Å²) in [7, 11) is 1.97. The number of fused-ring (bicyclic) bond motifs is 1. The first-order valence-corrected chi connectivity index (χ1v) is 8.80. The summed E-state index contributed by atoms with van der Waals surface area (Å²) in [5.74, 6) is 0.191. The minimum atomic E-state index is -0.360. The Bertz CT molecular complexity index is 713. The molecule has 0 bridgehead atoms. The molecule has 25 heavy (non-hydrogen) atoms. The Morgan fingerprint density at radius 1 is 1.36 bits per heavy atom. The summed E-state index contributed by atoms with van der Waals surface area (Å²) in [5, 5.41) is 6.16. The molecule has 2 heterocycles. The van der Waals surface area contributed by atoms with E-state index in [1.165, 1.54) is 17.8 Å². The number of pyridine rings is 1. The fourth-order valence-corrected chi connectivity index (χ4v) is 3.31. The zero-order valence-corrected chi connectivity index (χ0v) is 14.8. The molecule has 2 N–H and O–H groups in total. The molecule has 1 aliphatic heterocycles. The fraction of sp³-hybridized carbons (Fsp3) is 0.474. The van der Waals surface area contributed by atoms with Crippen molar-refractivity contribution in [2.75, 3.05) is 13.6 Å². The number of hydrogen-bond acceptors (Lipinski definition) is 3. The molecule has 1 aliphatic carbocycles. The quantitative estimate of drug-likeness (QED) is 0.863. The van der Waals surface area contributed by atoms with Crippen molar-refractivity contribution in [2.24, 2.45) is 5.92 Å². The smallest absolute Gasteiger partial charge is 0.320 e. The maximum atomic E-state index is 13.2. The van der Waals surface area contributed by atoms with Crippen LogP contribution in [0.2, 0.25) is 0 Å². The van der Waals surface area contributed by atoms with Gasteiger partial charge in [0.15, 0.2) is 0 Å². The number of nitrogens with zero attached hydrogens (tertiary/aromatic N) is 2. The van der Waals surface area contributed by atoms with Crippen LogP contribution >= 0.6 is 0 Å². The van der Waals surface area contributed by atoms with Crippen LogP contribution in [0.3, 0.4) is 0 Å². The lowest BCUT2D eigenvalue weighted by Crippen LogP contribution is -2.36. The number of urea groups is 1. The van der Waals surface area contributed by atoms with Crippen LogP contribution in [-0.4, -0.2) is 29.5 Å². The van der Waals surface area contributed by atoms with E-state index >= 15 is 0 Å². The lowest BCUT2D eigenvalue weighted by atomic mass is 9.90. The van der Waals surface area contributed by atoms with Gasteiger partial charge < -0.3 is 15.5 Å². The molecule has 0 spiro atoms. The van der Waals surface area contributed by atoms with Crippen LogP contribution in [0.1, 0.15) is 37.4 Å². The van der Waals surface area contributed by atoms with Crippen LogP contribution in [-0.2, 0) is 13.1 Å². The predicted molar refractivity (Wildman–Crippen MR) is 95.1 cm³/mol. The van der Waals surface area contributed by atoms with Gasteiger partial charge in [-0.15, -0.1) is 0 Å². The lowest BCUT2D eigenvalue weighted by molar-refractivity contribution is 0.200. The zero-order valence-electron chi connectivity index (χ0n) is 14.8. The van der Waals surface area contributed by atoms with Gasteiger partial charge in [0.25, 0.3) is 0 Å². The first-order valence-electron chi connectivity index (χ1n) is 8.80. The third kappa shape index (κ3) is 4.25. The Morgan fingerprint density at radius 3 is 2.92 bits per heavy atom. The summed E-state index contributed by atoms with van der Waals surface area (Å²) < 4.78 is 13.2. The van der Waals surface area contributed by atoms with Crippen LogP contribution in [0, 0.1) is 11.7 Å². The number of carbonyl (C=O) groups excluding carboxylic acids is 1. The molecule has 1 unspecified atom stereocenters. The summed E-state index contributed by atoms with van der Waals surface area (Å²) in [4.78, 5) is 18.2. The molecule has 1 atom stereocenters. The Hall–Kier alpha value is -2.21. The molecule has 134 valence electrons. The van der Waals surface area contributed by atoms with Crippen LogP contribution in [0.4, 0.5) is 9.18 Å². The third-order valence-corrected chi connectivity index (χ3v) is 4.92. The standard InChI is InChI=1S/C19H25FN4O/c1-13(7-8-21-2)14-3-5-17(6-4-14)23-19(25)24-11-15-9-16(20)10-22-18(15)12-24/h3,5,9-10,13,21H,4,6-8,11-12H2,1-2H3,(H,23,25). The molecule has 0 saturated heterocycles. The highest BCUT2D eigenvalue weighted by molar-refractivity contribution is 5.77. The minimum Gasteiger partial charge on any atom is -0.320 e. The van der Waals surface area contributed by atoms with E-state index in [9.17, 15) is 9.18 Å². The van der Waals surface area contributed by atoms with E-state index in [4.69, 9.17) is 0 Å². The van der Waals surface area contributed by atoms with Crippen LogP contribution in [0.15, 0.2) is 35.7 Å². The Labute approximate surface area is 148 Å². The molecule has 2 amide bonds. The van der Waals surface area contributed by atoms with Gasteiger partial charge in [-0.25, -0.2) is 9.18 Å². The van der Waals surface area contributed by atoms with Gasteiger partial charge in [-0.2, -0.15) is 0 Å². The van der Waals surface area contributed by atoms with Gasteiger partial charge in [-0.05, 0) is 56.5 Å². The second-order valence-corrected chi connectivity index (χ2v) is 6.77. The van der Waals surface area contributed by atoms with E-state index in [0.717, 1.165) is 42.8 Å². The highest BCUT2D eigenvalue weighted by Gasteiger charge is 2.25. The van der Waals surface area contributed by atoms with Gasteiger partial charge in [-0.3, -0.25) is 4.98 Å². The van der Waals surface area contributed by atoms with E-state index in [-0.39, 0.29) is 11.8 Å². The molecule has 1 aromatic heterocycles. The van der Waals surface area contributed by atoms with E-state index in [1.807, 2.05) is 13.1 Å². The molecule has 5 nitrogen and oxygen atoms in total. The van der Waals surface area contributed by atoms with Gasteiger partial charge in [0.1, 0.15) is 5.82 Å². The van der Waals surface area contributed by atoms with Crippen LogP contribution < -0.4 is 10.6 Å². The summed E-state index contributed by atoms with van der Waals surface area (Å²) >= 11 is 0. The van der Waals surface area contributed by atoms with Gasteiger partial charge in [-0.1, -0.05) is 18.6 Å². The summed E-state index contributed by atoms with van der Waals surface area (Å²) in [5.41, 5.74) is 3.93. The van der Waals surface area contributed by atoms with Crippen molar-refractivity contribution in [3.63, 3.8) is 0 Å². The van der Waals surface area contributed by atoms with E-state index in [1.54, 1.807) is 4.90 Å². The van der Waals surface area contributed by atoms with Crippen molar-refractivity contribution in [1.82, 2.24) is 20.5 Å². The second kappa shape index (κ2) is 7.78. The number of carbonyl (C=O) groups is 1. The largest absolute Gasteiger partial charge is 0.322 e. The molecule has 2 aliphatic rings. The highest BCUT2D eigenvalue weighted by atomic mass is 19.1. The molecular weight excluding hydrogens is 319 g/mol. The number of aromatic nitrogens is 1. The maximum Gasteiger partial charge on any atom is 0.322 e. The van der Waals surface area contributed by atoms with Crippen molar-refractivity contribution < 1.29 is 9.18 Å². The number of hydrogen-bond donors (Lipinski definition) is 2. The molecular formula is C19H25FN4O. The maximum absolute atomic E-state index is 13.2. The minimum absolute atomic E-state index is 0.148. The number of nitrogens with one attached hydrogen (secondary N) is 2. The molecule has 1 aromatic rings. The summed E-state index contributed by atoms with van der Waals surface area (Å²) in [6.07, 6.45) is 8.28. The number of allylic oxidation sites excluding steroid dienone is 4. The number of halogens is 1. The van der Waals surface area contributed by atoms with E-state index < -0.39 is 0 Å². The number of rotatable bonds is 5.